The summed E-state index contributed by atoms with van der Waals surface area (Å²) in [4.78, 5) is 25.3. The zero-order valence-electron chi connectivity index (χ0n) is 17.9. The van der Waals surface area contributed by atoms with Crippen molar-refractivity contribution in [2.24, 2.45) is 0 Å². The smallest absolute Gasteiger partial charge is 0.257 e. The predicted octanol–water partition coefficient (Wildman–Crippen LogP) is 5.76. The van der Waals surface area contributed by atoms with Gasteiger partial charge in [-0.05, 0) is 61.0 Å². The van der Waals surface area contributed by atoms with Crippen LogP contribution in [0.5, 0.6) is 0 Å². The molecule has 2 N–H and O–H groups in total. The first-order chi connectivity index (χ1) is 16.3. The fraction of sp³-hybridized carbons (Fsp3) is 0.0800. The molecule has 6 nitrogen and oxygen atoms in total. The normalized spacial score (nSPS) is 10.7. The van der Waals surface area contributed by atoms with Crippen molar-refractivity contribution < 1.29 is 22.9 Å². The average molecular weight is 482 g/mol. The Morgan fingerprint density at radius 2 is 1.74 bits per heavy atom. The Morgan fingerprint density at radius 1 is 1.00 bits per heavy atom. The van der Waals surface area contributed by atoms with E-state index in [1.165, 1.54) is 42.5 Å². The number of carbonyl (C=O) groups excluding carboxylic acids is 2. The molecule has 0 radical (unpaired) electrons. The van der Waals surface area contributed by atoms with Gasteiger partial charge < -0.3 is 15.2 Å². The van der Waals surface area contributed by atoms with Crippen molar-refractivity contribution >= 4 is 29.1 Å². The fourth-order valence-corrected chi connectivity index (χ4v) is 3.62. The van der Waals surface area contributed by atoms with E-state index in [-0.39, 0.29) is 34.1 Å². The van der Waals surface area contributed by atoms with Crippen LogP contribution in [-0.2, 0) is 6.54 Å². The third-order valence-electron chi connectivity index (χ3n) is 5.03. The maximum absolute atomic E-state index is 14.4. The largest absolute Gasteiger partial charge is 0.360 e. The minimum Gasteiger partial charge on any atom is -0.360 e. The van der Waals surface area contributed by atoms with Gasteiger partial charge in [0.2, 0.25) is 0 Å². The van der Waals surface area contributed by atoms with E-state index < -0.39 is 23.4 Å². The second kappa shape index (κ2) is 9.84. The summed E-state index contributed by atoms with van der Waals surface area (Å²) in [6, 6.07) is 16.2. The zero-order chi connectivity index (χ0) is 24.2. The summed E-state index contributed by atoms with van der Waals surface area (Å²) in [5.74, 6) is -1.76. The van der Waals surface area contributed by atoms with Gasteiger partial charge in [0, 0.05) is 17.8 Å². The molecule has 1 heterocycles. The van der Waals surface area contributed by atoms with Gasteiger partial charge >= 0.3 is 0 Å². The van der Waals surface area contributed by atoms with Crippen LogP contribution in [0.3, 0.4) is 0 Å². The van der Waals surface area contributed by atoms with Gasteiger partial charge in [-0.25, -0.2) is 8.78 Å². The summed E-state index contributed by atoms with van der Waals surface area (Å²) in [5.41, 5.74) is 1.58. The zero-order valence-corrected chi connectivity index (χ0v) is 18.6. The highest BCUT2D eigenvalue weighted by atomic mass is 35.5. The van der Waals surface area contributed by atoms with Crippen LogP contribution in [0, 0.1) is 18.6 Å². The van der Waals surface area contributed by atoms with Gasteiger partial charge in [-0.3, -0.25) is 9.59 Å². The number of rotatable bonds is 6. The molecule has 34 heavy (non-hydrogen) atoms. The summed E-state index contributed by atoms with van der Waals surface area (Å²) in [6.07, 6.45) is 0. The lowest BCUT2D eigenvalue weighted by molar-refractivity contribution is 0.0949. The summed E-state index contributed by atoms with van der Waals surface area (Å²) in [6.45, 7) is 1.67. The molecule has 172 valence electrons. The number of halogens is 3. The van der Waals surface area contributed by atoms with E-state index in [9.17, 15) is 18.4 Å². The number of carbonyl (C=O) groups is 2. The first-order valence-electron chi connectivity index (χ1n) is 10.2. The highest BCUT2D eigenvalue weighted by Crippen LogP contribution is 2.33. The van der Waals surface area contributed by atoms with E-state index in [1.54, 1.807) is 31.2 Å². The van der Waals surface area contributed by atoms with Crippen LogP contribution in [0.15, 0.2) is 71.3 Å². The van der Waals surface area contributed by atoms with E-state index >= 15 is 0 Å². The van der Waals surface area contributed by atoms with Gasteiger partial charge in [-0.1, -0.05) is 35.0 Å². The average Bonchev–Trinajstić information content (AvgIpc) is 3.19. The number of aromatic nitrogens is 1. The Balaban J connectivity index is 1.48. The lowest BCUT2D eigenvalue weighted by Crippen LogP contribution is -2.24. The van der Waals surface area contributed by atoms with E-state index in [0.717, 1.165) is 0 Å². The number of aryl methyl sites for hydroxylation is 1. The van der Waals surface area contributed by atoms with Crippen LogP contribution in [0.2, 0.25) is 5.02 Å². The van der Waals surface area contributed by atoms with Gasteiger partial charge in [0.15, 0.2) is 0 Å². The highest BCUT2D eigenvalue weighted by Gasteiger charge is 2.25. The number of nitrogens with zero attached hydrogens (tertiary/aromatic N) is 1. The lowest BCUT2D eigenvalue weighted by atomic mass is 10.0. The first-order valence-corrected chi connectivity index (χ1v) is 10.6. The van der Waals surface area contributed by atoms with Crippen molar-refractivity contribution in [2.45, 2.75) is 13.5 Å². The molecule has 0 aliphatic carbocycles. The summed E-state index contributed by atoms with van der Waals surface area (Å²) in [7, 11) is 0. The minimum atomic E-state index is -0.626. The van der Waals surface area contributed by atoms with Gasteiger partial charge in [0.05, 0.1) is 10.6 Å². The number of benzene rings is 3. The molecule has 0 atom stereocenters. The lowest BCUT2D eigenvalue weighted by Gasteiger charge is -2.10. The van der Waals surface area contributed by atoms with Crippen LogP contribution in [0.1, 0.15) is 32.0 Å². The van der Waals surface area contributed by atoms with Crippen LogP contribution >= 0.6 is 11.6 Å². The standard InChI is InChI=1S/C25H18ClF2N3O3/c1-14-21(23(31-34-14)22-19(26)6-3-7-20(22)28)25(33)29-13-15-4-2-5-18(12-15)30-24(32)16-8-10-17(27)11-9-16/h2-12H,13H2,1H3,(H,29,33)(H,30,32). The van der Waals surface area contributed by atoms with Crippen LogP contribution in [0.25, 0.3) is 11.3 Å². The van der Waals surface area contributed by atoms with Crippen molar-refractivity contribution in [2.75, 3.05) is 5.32 Å². The van der Waals surface area contributed by atoms with Crippen molar-refractivity contribution in [3.8, 4) is 11.3 Å². The van der Waals surface area contributed by atoms with Crippen molar-refractivity contribution in [3.63, 3.8) is 0 Å². The maximum atomic E-state index is 14.4. The summed E-state index contributed by atoms with van der Waals surface area (Å²) >= 11 is 6.13. The molecular weight excluding hydrogens is 464 g/mol. The third kappa shape index (κ3) is 4.97. The van der Waals surface area contributed by atoms with E-state index in [1.807, 2.05) is 0 Å². The van der Waals surface area contributed by atoms with E-state index in [0.29, 0.717) is 16.8 Å². The van der Waals surface area contributed by atoms with Crippen molar-refractivity contribution in [1.82, 2.24) is 10.5 Å². The minimum absolute atomic E-state index is 0.0124. The van der Waals surface area contributed by atoms with Gasteiger partial charge in [0.25, 0.3) is 11.8 Å². The van der Waals surface area contributed by atoms with E-state index in [2.05, 4.69) is 15.8 Å². The SMILES string of the molecule is Cc1onc(-c2c(F)cccc2Cl)c1C(=O)NCc1cccc(NC(=O)c2ccc(F)cc2)c1. The summed E-state index contributed by atoms with van der Waals surface area (Å²) in [5, 5.41) is 9.42. The Hall–Kier alpha value is -4.04. The molecule has 1 aromatic heterocycles. The number of anilines is 1. The van der Waals surface area contributed by atoms with E-state index in [4.69, 9.17) is 16.1 Å². The van der Waals surface area contributed by atoms with Crippen molar-refractivity contribution in [1.29, 1.82) is 0 Å². The molecule has 0 aliphatic heterocycles. The predicted molar refractivity (Wildman–Crippen MR) is 124 cm³/mol. The quantitative estimate of drug-likeness (QED) is 0.366. The first kappa shape index (κ1) is 23.1. The molecular formula is C25H18ClF2N3O3. The third-order valence-corrected chi connectivity index (χ3v) is 5.35. The van der Waals surface area contributed by atoms with Gasteiger partial charge in [-0.2, -0.15) is 0 Å². The molecule has 0 fully saturated rings. The molecule has 4 aromatic rings. The number of hydrogen-bond acceptors (Lipinski definition) is 4. The Morgan fingerprint density at radius 3 is 2.47 bits per heavy atom. The number of hydrogen-bond donors (Lipinski definition) is 2. The maximum Gasteiger partial charge on any atom is 0.257 e. The Kier molecular flexibility index (Phi) is 6.70. The molecule has 2 amide bonds. The van der Waals surface area contributed by atoms with Gasteiger partial charge in [0.1, 0.15) is 28.7 Å². The fourth-order valence-electron chi connectivity index (χ4n) is 3.37. The van der Waals surface area contributed by atoms with Crippen LogP contribution in [-0.4, -0.2) is 17.0 Å². The molecule has 0 unspecified atom stereocenters. The molecule has 0 aliphatic rings. The molecule has 0 bridgehead atoms. The molecule has 0 saturated carbocycles. The number of nitrogens with one attached hydrogen (secondary N) is 2. The van der Waals surface area contributed by atoms with Crippen LogP contribution < -0.4 is 10.6 Å². The molecule has 3 aromatic carbocycles. The topological polar surface area (TPSA) is 84.2 Å². The second-order valence-corrected chi connectivity index (χ2v) is 7.81. The molecule has 0 spiro atoms. The van der Waals surface area contributed by atoms with Gasteiger partial charge in [-0.15, -0.1) is 0 Å². The molecule has 9 heteroatoms. The molecule has 0 saturated heterocycles. The van der Waals surface area contributed by atoms with Crippen LogP contribution in [0.4, 0.5) is 14.5 Å². The Bertz CT molecular complexity index is 1350. The summed E-state index contributed by atoms with van der Waals surface area (Å²) < 4.78 is 32.6. The second-order valence-electron chi connectivity index (χ2n) is 7.40. The number of amides is 2. The monoisotopic (exact) mass is 481 g/mol. The Labute approximate surface area is 198 Å². The van der Waals surface area contributed by atoms with Crippen molar-refractivity contribution in [3.05, 3.63) is 106 Å². The molecule has 4 rings (SSSR count). The highest BCUT2D eigenvalue weighted by molar-refractivity contribution is 6.33.